The molecule has 0 N–H and O–H groups in total. The lowest BCUT2D eigenvalue weighted by Crippen LogP contribution is -1.98. The van der Waals surface area contributed by atoms with E-state index in [2.05, 4.69) is 68.2 Å². The smallest absolute Gasteiger partial charge is 0.248 e. The molecule has 0 bridgehead atoms. The van der Waals surface area contributed by atoms with Gasteiger partial charge in [0.05, 0.1) is 5.92 Å². The number of hydrogen-bond acceptors (Lipinski definition) is 3. The highest BCUT2D eigenvalue weighted by atomic mass is 16.4. The molecule has 1 unspecified atom stereocenters. The van der Waals surface area contributed by atoms with Crippen molar-refractivity contribution in [1.82, 2.24) is 10.2 Å². The Balaban J connectivity index is 1.81. The van der Waals surface area contributed by atoms with Gasteiger partial charge < -0.3 is 4.42 Å². The Hall–Kier alpha value is -2.42. The van der Waals surface area contributed by atoms with Gasteiger partial charge in [0, 0.05) is 5.56 Å². The molecule has 0 aliphatic heterocycles. The molecule has 3 heteroatoms. The summed E-state index contributed by atoms with van der Waals surface area (Å²) in [6, 6.07) is 16.8. The van der Waals surface area contributed by atoms with E-state index in [1.54, 1.807) is 0 Å². The van der Waals surface area contributed by atoms with Crippen molar-refractivity contribution in [3.63, 3.8) is 0 Å². The number of nitrogens with zero attached hydrogens (tertiary/aromatic N) is 2. The van der Waals surface area contributed by atoms with Crippen molar-refractivity contribution in [2.24, 2.45) is 5.92 Å². The molecule has 0 aliphatic carbocycles. The molecule has 3 nitrogen and oxygen atoms in total. The zero-order chi connectivity index (χ0) is 17.1. The van der Waals surface area contributed by atoms with Crippen LogP contribution < -0.4 is 0 Å². The highest BCUT2D eigenvalue weighted by molar-refractivity contribution is 5.57. The molecular weight excluding hydrogens is 296 g/mol. The predicted molar refractivity (Wildman–Crippen MR) is 97.0 cm³/mol. The summed E-state index contributed by atoms with van der Waals surface area (Å²) in [6.07, 6.45) is 1.10. The van der Waals surface area contributed by atoms with E-state index in [1.165, 1.54) is 11.1 Å². The molecule has 2 aromatic carbocycles. The molecule has 0 radical (unpaired) electrons. The van der Waals surface area contributed by atoms with Crippen LogP contribution in [-0.4, -0.2) is 10.2 Å². The van der Waals surface area contributed by atoms with Gasteiger partial charge in [-0.15, -0.1) is 10.2 Å². The van der Waals surface area contributed by atoms with E-state index in [1.807, 2.05) is 18.2 Å². The van der Waals surface area contributed by atoms with Gasteiger partial charge in [0.1, 0.15) is 0 Å². The van der Waals surface area contributed by atoms with Crippen molar-refractivity contribution in [1.29, 1.82) is 0 Å². The topological polar surface area (TPSA) is 38.9 Å². The molecule has 0 amide bonds. The molecule has 124 valence electrons. The molecule has 24 heavy (non-hydrogen) atoms. The van der Waals surface area contributed by atoms with Crippen molar-refractivity contribution < 1.29 is 4.42 Å². The highest BCUT2D eigenvalue weighted by Gasteiger charge is 2.17. The van der Waals surface area contributed by atoms with E-state index in [-0.39, 0.29) is 5.92 Å². The van der Waals surface area contributed by atoms with E-state index in [9.17, 15) is 0 Å². The van der Waals surface area contributed by atoms with Crippen LogP contribution >= 0.6 is 0 Å². The Morgan fingerprint density at radius 2 is 1.62 bits per heavy atom. The first-order valence-electron chi connectivity index (χ1n) is 8.53. The van der Waals surface area contributed by atoms with Crippen molar-refractivity contribution in [2.45, 2.75) is 40.0 Å². The van der Waals surface area contributed by atoms with Crippen LogP contribution in [0.1, 0.15) is 49.3 Å². The first-order chi connectivity index (χ1) is 11.5. The minimum absolute atomic E-state index is 0.0865. The van der Waals surface area contributed by atoms with Crippen LogP contribution in [0.25, 0.3) is 11.5 Å². The number of benzene rings is 2. The van der Waals surface area contributed by atoms with Crippen molar-refractivity contribution in [3.05, 3.63) is 71.1 Å². The fraction of sp³-hybridized carbons (Fsp3) is 0.333. The number of rotatable bonds is 5. The van der Waals surface area contributed by atoms with E-state index in [4.69, 9.17) is 4.42 Å². The Kier molecular flexibility index (Phi) is 4.79. The summed E-state index contributed by atoms with van der Waals surface area (Å²) in [4.78, 5) is 0. The molecule has 3 aromatic rings. The van der Waals surface area contributed by atoms with Gasteiger partial charge in [0.15, 0.2) is 0 Å². The van der Waals surface area contributed by atoms with Crippen molar-refractivity contribution in [3.8, 4) is 11.5 Å². The molecule has 0 saturated heterocycles. The second-order valence-corrected chi connectivity index (χ2v) is 6.82. The molecule has 1 atom stereocenters. The third kappa shape index (κ3) is 3.56. The largest absolute Gasteiger partial charge is 0.420 e. The van der Waals surface area contributed by atoms with Crippen LogP contribution in [-0.2, 0) is 6.42 Å². The molecule has 0 spiro atoms. The molecule has 0 aliphatic rings. The van der Waals surface area contributed by atoms with Crippen LogP contribution in [0.4, 0.5) is 0 Å². The minimum atomic E-state index is 0.0865. The second-order valence-electron chi connectivity index (χ2n) is 6.82. The average molecular weight is 320 g/mol. The van der Waals surface area contributed by atoms with Gasteiger partial charge in [-0.25, -0.2) is 0 Å². The fourth-order valence-electron chi connectivity index (χ4n) is 2.89. The zero-order valence-corrected chi connectivity index (χ0v) is 14.8. The van der Waals surface area contributed by atoms with Gasteiger partial charge in [0.2, 0.25) is 11.8 Å². The summed E-state index contributed by atoms with van der Waals surface area (Å²) in [6.45, 7) is 8.63. The van der Waals surface area contributed by atoms with Gasteiger partial charge in [-0.1, -0.05) is 56.3 Å². The minimum Gasteiger partial charge on any atom is -0.420 e. The maximum absolute atomic E-state index is 5.94. The lowest BCUT2D eigenvalue weighted by molar-refractivity contribution is 0.490. The van der Waals surface area contributed by atoms with Crippen LogP contribution in [0.15, 0.2) is 52.9 Å². The van der Waals surface area contributed by atoms with Gasteiger partial charge >= 0.3 is 0 Å². The van der Waals surface area contributed by atoms with Gasteiger partial charge in [0.25, 0.3) is 0 Å². The van der Waals surface area contributed by atoms with E-state index in [0.717, 1.165) is 17.5 Å². The lowest BCUT2D eigenvalue weighted by Gasteiger charge is -2.10. The molecule has 1 aromatic heterocycles. The van der Waals surface area contributed by atoms with Gasteiger partial charge in [-0.05, 0) is 48.9 Å². The van der Waals surface area contributed by atoms with Gasteiger partial charge in [-0.2, -0.15) is 0 Å². The summed E-state index contributed by atoms with van der Waals surface area (Å²) in [5, 5.41) is 8.50. The Morgan fingerprint density at radius 3 is 2.29 bits per heavy atom. The van der Waals surface area contributed by atoms with Gasteiger partial charge in [-0.3, -0.25) is 0 Å². The maximum atomic E-state index is 5.94. The zero-order valence-electron chi connectivity index (χ0n) is 14.8. The average Bonchev–Trinajstić information content (AvgIpc) is 3.04. The molecule has 1 heterocycles. The Labute approximate surface area is 143 Å². The summed E-state index contributed by atoms with van der Waals surface area (Å²) in [7, 11) is 0. The number of hydrogen-bond donors (Lipinski definition) is 0. The third-order valence-electron chi connectivity index (χ3n) is 4.31. The highest BCUT2D eigenvalue weighted by Crippen LogP contribution is 2.28. The first kappa shape index (κ1) is 16.4. The normalized spacial score (nSPS) is 12.5. The fourth-order valence-corrected chi connectivity index (χ4v) is 2.89. The third-order valence-corrected chi connectivity index (χ3v) is 4.31. The van der Waals surface area contributed by atoms with Crippen LogP contribution in [0, 0.1) is 12.8 Å². The molecule has 3 rings (SSSR count). The van der Waals surface area contributed by atoms with Crippen LogP contribution in [0.5, 0.6) is 0 Å². The van der Waals surface area contributed by atoms with Crippen molar-refractivity contribution in [2.75, 3.05) is 0 Å². The van der Waals surface area contributed by atoms with Crippen LogP contribution in [0.2, 0.25) is 0 Å². The summed E-state index contributed by atoms with van der Waals surface area (Å²) < 4.78 is 5.94. The maximum Gasteiger partial charge on any atom is 0.248 e. The standard InChI is InChI=1S/C21H24N2O/c1-14(2)13-17-9-11-18(12-10-17)16(4)20-22-23-21(24-20)19-8-6-5-7-15(19)3/h5-12,14,16H,13H2,1-4H3. The van der Waals surface area contributed by atoms with E-state index < -0.39 is 0 Å². The van der Waals surface area contributed by atoms with Crippen molar-refractivity contribution >= 4 is 0 Å². The quantitative estimate of drug-likeness (QED) is 0.632. The predicted octanol–water partition coefficient (Wildman–Crippen LogP) is 5.40. The molecule has 0 fully saturated rings. The first-order valence-corrected chi connectivity index (χ1v) is 8.53. The lowest BCUT2D eigenvalue weighted by atomic mass is 9.97. The molecule has 0 saturated carbocycles. The summed E-state index contributed by atoms with van der Waals surface area (Å²) in [5.41, 5.74) is 4.70. The Morgan fingerprint density at radius 1 is 0.917 bits per heavy atom. The summed E-state index contributed by atoms with van der Waals surface area (Å²) >= 11 is 0. The number of aromatic nitrogens is 2. The monoisotopic (exact) mass is 320 g/mol. The second kappa shape index (κ2) is 7.00. The van der Waals surface area contributed by atoms with Crippen LogP contribution in [0.3, 0.4) is 0 Å². The number of aryl methyl sites for hydroxylation is 1. The summed E-state index contributed by atoms with van der Waals surface area (Å²) in [5.74, 6) is 2.00. The Bertz CT molecular complexity index is 803. The SMILES string of the molecule is Cc1ccccc1-c1nnc(C(C)c2ccc(CC(C)C)cc2)o1. The van der Waals surface area contributed by atoms with E-state index in [0.29, 0.717) is 17.7 Å². The molecular formula is C21H24N2O. The van der Waals surface area contributed by atoms with E-state index >= 15 is 0 Å².